The Morgan fingerprint density at radius 1 is 1.25 bits per heavy atom. The Morgan fingerprint density at radius 2 is 1.92 bits per heavy atom. The number of hydrogen-bond donors (Lipinski definition) is 3. The van der Waals surface area contributed by atoms with E-state index < -0.39 is 11.1 Å². The zero-order chi connectivity index (χ0) is 17.5. The summed E-state index contributed by atoms with van der Waals surface area (Å²) in [6.07, 6.45) is 0.745. The van der Waals surface area contributed by atoms with E-state index >= 15 is 0 Å². The number of carbonyl (C=O) groups excluding carboxylic acids is 2. The van der Waals surface area contributed by atoms with Crippen molar-refractivity contribution in [3.63, 3.8) is 0 Å². The maximum absolute atomic E-state index is 12.6. The molecule has 1 spiro atoms. The summed E-state index contributed by atoms with van der Waals surface area (Å²) in [5, 5.41) is 6.33. The Labute approximate surface area is 147 Å². The molecule has 1 aromatic rings. The molecule has 0 aromatic heterocycles. The summed E-state index contributed by atoms with van der Waals surface area (Å²) >= 11 is 4.35. The normalized spacial score (nSPS) is 19.3. The molecule has 24 heavy (non-hydrogen) atoms. The summed E-state index contributed by atoms with van der Waals surface area (Å²) in [5.74, 6) is -0.0502. The molecule has 2 aliphatic heterocycles. The Bertz CT molecular complexity index is 676. The first-order valence-electron chi connectivity index (χ1n) is 8.09. The van der Waals surface area contributed by atoms with Crippen LogP contribution < -0.4 is 10.6 Å². The van der Waals surface area contributed by atoms with E-state index in [1.54, 1.807) is 4.90 Å². The minimum Gasteiger partial charge on any atom is -0.444 e. The van der Waals surface area contributed by atoms with Crippen LogP contribution in [0.25, 0.3) is 0 Å². The summed E-state index contributed by atoms with van der Waals surface area (Å²) in [6, 6.07) is 5.58. The molecule has 2 N–H and O–H groups in total. The maximum atomic E-state index is 12.6. The van der Waals surface area contributed by atoms with Crippen LogP contribution in [-0.4, -0.2) is 41.1 Å². The topological polar surface area (TPSA) is 70.7 Å². The molecule has 0 aliphatic carbocycles. The first-order chi connectivity index (χ1) is 11.2. The first-order valence-corrected chi connectivity index (χ1v) is 8.54. The van der Waals surface area contributed by atoms with E-state index in [9.17, 15) is 9.59 Å². The van der Waals surface area contributed by atoms with Crippen LogP contribution in [0, 0.1) is 0 Å². The zero-order valence-corrected chi connectivity index (χ0v) is 15.1. The summed E-state index contributed by atoms with van der Waals surface area (Å²) in [6.45, 7) is 6.49. The summed E-state index contributed by atoms with van der Waals surface area (Å²) in [5.41, 5.74) is 0.424. The van der Waals surface area contributed by atoms with Crippen LogP contribution in [0.2, 0.25) is 0 Å². The lowest BCUT2D eigenvalue weighted by Gasteiger charge is -2.44. The minimum atomic E-state index is -0.687. The second-order valence-electron chi connectivity index (χ2n) is 7.36. The minimum absolute atomic E-state index is 0.0502. The lowest BCUT2D eigenvalue weighted by molar-refractivity contribution is -0.122. The molecule has 1 saturated heterocycles. The molecule has 6 nitrogen and oxygen atoms in total. The van der Waals surface area contributed by atoms with Crippen molar-refractivity contribution >= 4 is 36.0 Å². The van der Waals surface area contributed by atoms with E-state index in [-0.39, 0.29) is 12.0 Å². The number of thiol groups is 1. The summed E-state index contributed by atoms with van der Waals surface area (Å²) in [7, 11) is 0. The number of likely N-dealkylation sites (tertiary alicyclic amines) is 1. The molecular formula is C17H23N3O3S. The number of piperidine rings is 1. The van der Waals surface area contributed by atoms with Crippen molar-refractivity contribution in [1.29, 1.82) is 0 Å². The quantitative estimate of drug-likeness (QED) is 0.630. The molecule has 130 valence electrons. The van der Waals surface area contributed by atoms with Gasteiger partial charge in [0, 0.05) is 18.0 Å². The fraction of sp³-hybridized carbons (Fsp3) is 0.529. The third-order valence-electron chi connectivity index (χ3n) is 4.33. The third-order valence-corrected chi connectivity index (χ3v) is 4.61. The van der Waals surface area contributed by atoms with Gasteiger partial charge >= 0.3 is 6.09 Å². The van der Waals surface area contributed by atoms with Crippen LogP contribution in [0.4, 0.5) is 16.2 Å². The molecule has 2 heterocycles. The van der Waals surface area contributed by atoms with Crippen LogP contribution in [-0.2, 0) is 9.53 Å². The molecule has 0 saturated carbocycles. The van der Waals surface area contributed by atoms with E-state index in [2.05, 4.69) is 23.3 Å². The molecule has 0 atom stereocenters. The first kappa shape index (κ1) is 17.0. The van der Waals surface area contributed by atoms with Gasteiger partial charge in [-0.25, -0.2) is 4.79 Å². The number of nitrogens with zero attached hydrogens (tertiary/aromatic N) is 1. The number of carbonyl (C=O) groups is 2. The number of fused-ring (bicyclic) bond motifs is 1. The largest absolute Gasteiger partial charge is 0.444 e. The maximum Gasteiger partial charge on any atom is 0.410 e. The highest BCUT2D eigenvalue weighted by atomic mass is 32.1. The van der Waals surface area contributed by atoms with E-state index in [1.165, 1.54) is 0 Å². The molecule has 2 amide bonds. The van der Waals surface area contributed by atoms with E-state index in [4.69, 9.17) is 4.74 Å². The Balaban J connectivity index is 1.71. The van der Waals surface area contributed by atoms with E-state index in [0.717, 1.165) is 16.3 Å². The van der Waals surface area contributed by atoms with Crippen LogP contribution in [0.1, 0.15) is 33.6 Å². The van der Waals surface area contributed by atoms with Crippen molar-refractivity contribution in [2.75, 3.05) is 23.7 Å². The van der Waals surface area contributed by atoms with Gasteiger partial charge in [-0.2, -0.15) is 0 Å². The second-order valence-corrected chi connectivity index (χ2v) is 7.87. The molecule has 1 fully saturated rings. The highest BCUT2D eigenvalue weighted by Crippen LogP contribution is 2.37. The number of anilines is 2. The van der Waals surface area contributed by atoms with Gasteiger partial charge in [-0.3, -0.25) is 4.79 Å². The van der Waals surface area contributed by atoms with Gasteiger partial charge < -0.3 is 20.3 Å². The standard InChI is InChI=1S/C17H23N3O3S/c1-16(2,3)23-15(22)20-8-6-17(7-9-20)14(21)18-12-5-4-11(24)10-13(12)19-17/h4-5,10,19,24H,6-9H2,1-3H3,(H,18,21). The number of rotatable bonds is 0. The monoisotopic (exact) mass is 349 g/mol. The molecule has 1 aromatic carbocycles. The van der Waals surface area contributed by atoms with E-state index in [1.807, 2.05) is 39.0 Å². The van der Waals surface area contributed by atoms with Gasteiger partial charge in [-0.05, 0) is 51.8 Å². The van der Waals surface area contributed by atoms with Crippen molar-refractivity contribution in [1.82, 2.24) is 4.90 Å². The highest BCUT2D eigenvalue weighted by molar-refractivity contribution is 7.80. The van der Waals surface area contributed by atoms with Crippen LogP contribution >= 0.6 is 12.6 Å². The lowest BCUT2D eigenvalue weighted by atomic mass is 9.84. The van der Waals surface area contributed by atoms with Gasteiger partial charge in [0.1, 0.15) is 11.1 Å². The van der Waals surface area contributed by atoms with Gasteiger partial charge in [0.15, 0.2) is 0 Å². The fourth-order valence-corrected chi connectivity index (χ4v) is 3.25. The van der Waals surface area contributed by atoms with Gasteiger partial charge in [0.05, 0.1) is 11.4 Å². The molecule has 0 bridgehead atoms. The number of nitrogens with one attached hydrogen (secondary N) is 2. The highest BCUT2D eigenvalue weighted by Gasteiger charge is 2.45. The smallest absolute Gasteiger partial charge is 0.410 e. The van der Waals surface area contributed by atoms with Crippen molar-refractivity contribution in [3.05, 3.63) is 18.2 Å². The predicted octanol–water partition coefficient (Wildman–Crippen LogP) is 3.11. The fourth-order valence-electron chi connectivity index (χ4n) is 3.05. The molecule has 2 aliphatic rings. The van der Waals surface area contributed by atoms with Gasteiger partial charge in [-0.1, -0.05) is 0 Å². The average Bonchev–Trinajstić information content (AvgIpc) is 2.48. The lowest BCUT2D eigenvalue weighted by Crippen LogP contribution is -2.59. The van der Waals surface area contributed by atoms with Gasteiger partial charge in [-0.15, -0.1) is 12.6 Å². The number of hydrogen-bond acceptors (Lipinski definition) is 5. The average molecular weight is 349 g/mol. The van der Waals surface area contributed by atoms with Gasteiger partial charge in [0.2, 0.25) is 5.91 Å². The van der Waals surface area contributed by atoms with E-state index in [0.29, 0.717) is 25.9 Å². The van der Waals surface area contributed by atoms with Crippen LogP contribution in [0.15, 0.2) is 23.1 Å². The molecular weight excluding hydrogens is 326 g/mol. The molecule has 0 unspecified atom stereocenters. The van der Waals surface area contributed by atoms with Gasteiger partial charge in [0.25, 0.3) is 0 Å². The van der Waals surface area contributed by atoms with Crippen molar-refractivity contribution < 1.29 is 14.3 Å². The van der Waals surface area contributed by atoms with Crippen molar-refractivity contribution in [2.24, 2.45) is 0 Å². The predicted molar refractivity (Wildman–Crippen MR) is 95.7 cm³/mol. The summed E-state index contributed by atoms with van der Waals surface area (Å²) < 4.78 is 5.41. The van der Waals surface area contributed by atoms with Crippen molar-refractivity contribution in [3.8, 4) is 0 Å². The number of amides is 2. The third kappa shape index (κ3) is 3.31. The Kier molecular flexibility index (Phi) is 4.15. The Morgan fingerprint density at radius 3 is 2.54 bits per heavy atom. The summed E-state index contributed by atoms with van der Waals surface area (Å²) in [4.78, 5) is 27.3. The number of ether oxygens (including phenoxy) is 1. The van der Waals surface area contributed by atoms with Crippen LogP contribution in [0.5, 0.6) is 0 Å². The molecule has 0 radical (unpaired) electrons. The molecule has 7 heteroatoms. The second kappa shape index (κ2) is 5.88. The zero-order valence-electron chi connectivity index (χ0n) is 14.2. The molecule has 3 rings (SSSR count). The van der Waals surface area contributed by atoms with Crippen LogP contribution in [0.3, 0.4) is 0 Å². The Hall–Kier alpha value is -1.89. The van der Waals surface area contributed by atoms with Crippen molar-refractivity contribution in [2.45, 2.75) is 49.6 Å². The SMILES string of the molecule is CC(C)(C)OC(=O)N1CCC2(CC1)Nc1cc(S)ccc1NC2=O. The number of benzene rings is 1.